The molecule has 2 aromatic rings. The third-order valence-corrected chi connectivity index (χ3v) is 2.60. The first-order valence-electron chi connectivity index (χ1n) is 5.36. The van der Waals surface area contributed by atoms with E-state index in [-0.39, 0.29) is 0 Å². The van der Waals surface area contributed by atoms with Crippen LogP contribution in [-0.4, -0.2) is 28.4 Å². The van der Waals surface area contributed by atoms with Crippen molar-refractivity contribution < 1.29 is 0 Å². The van der Waals surface area contributed by atoms with Crippen molar-refractivity contribution in [1.82, 2.24) is 15.3 Å². The highest BCUT2D eigenvalue weighted by atomic mass is 15.1. The molecule has 0 spiro atoms. The van der Waals surface area contributed by atoms with Crippen LogP contribution in [0.15, 0.2) is 35.5 Å². The lowest BCUT2D eigenvalue weighted by Crippen LogP contribution is -2.28. The van der Waals surface area contributed by atoms with Gasteiger partial charge in [-0.15, -0.1) is 0 Å². The predicted octanol–water partition coefficient (Wildman–Crippen LogP) is 1.37. The zero-order valence-electron chi connectivity index (χ0n) is 9.01. The third kappa shape index (κ3) is 1.52. The van der Waals surface area contributed by atoms with Crippen LogP contribution < -0.4 is 5.32 Å². The minimum atomic E-state index is 0.392. The predicted molar refractivity (Wildman–Crippen MR) is 63.5 cm³/mol. The van der Waals surface area contributed by atoms with Crippen molar-refractivity contribution in [2.24, 2.45) is 4.99 Å². The van der Waals surface area contributed by atoms with Gasteiger partial charge in [0.15, 0.2) is 0 Å². The second-order valence-corrected chi connectivity index (χ2v) is 3.98. The Balaban J connectivity index is 2.05. The number of hydrogen-bond donors (Lipinski definition) is 1. The summed E-state index contributed by atoms with van der Waals surface area (Å²) in [4.78, 5) is 13.3. The van der Waals surface area contributed by atoms with E-state index in [1.165, 1.54) is 0 Å². The fourth-order valence-electron chi connectivity index (χ4n) is 1.78. The summed E-state index contributed by atoms with van der Waals surface area (Å²) < 4.78 is 0. The molecule has 0 fully saturated rings. The normalized spacial score (nSPS) is 19.6. The van der Waals surface area contributed by atoms with E-state index in [0.717, 1.165) is 29.1 Å². The van der Waals surface area contributed by atoms with Crippen molar-refractivity contribution in [3.05, 3.63) is 36.2 Å². The Labute approximate surface area is 93.5 Å². The number of amidine groups is 1. The molecular formula is C12H12N4. The maximum absolute atomic E-state index is 4.54. The molecule has 1 aliphatic heterocycles. The number of benzene rings is 1. The topological polar surface area (TPSA) is 50.2 Å². The molecule has 1 N–H and O–H groups in total. The number of fused-ring (bicyclic) bond motifs is 1. The molecule has 1 aliphatic rings. The van der Waals surface area contributed by atoms with Crippen LogP contribution in [-0.2, 0) is 0 Å². The molecule has 1 aromatic carbocycles. The lowest BCUT2D eigenvalue weighted by atomic mass is 10.3. The molecule has 1 aromatic heterocycles. The van der Waals surface area contributed by atoms with Crippen LogP contribution >= 0.6 is 0 Å². The third-order valence-electron chi connectivity index (χ3n) is 2.60. The maximum atomic E-state index is 4.54. The standard InChI is InChI=1S/C12H12N4/c1-8-6-14-12(15-8)11-7-13-9-4-2-3-5-10(9)16-11/h2-5,7-8H,6H2,1H3,(H,14,15)/t8-/m1/s1. The molecule has 0 amide bonds. The Morgan fingerprint density at radius 2 is 2.06 bits per heavy atom. The van der Waals surface area contributed by atoms with Crippen LogP contribution in [0.25, 0.3) is 11.0 Å². The number of nitrogens with one attached hydrogen (secondary N) is 1. The molecule has 0 aliphatic carbocycles. The molecular weight excluding hydrogens is 200 g/mol. The molecule has 0 radical (unpaired) electrons. The van der Waals surface area contributed by atoms with Crippen LogP contribution in [0.3, 0.4) is 0 Å². The highest BCUT2D eigenvalue weighted by molar-refractivity contribution is 5.99. The van der Waals surface area contributed by atoms with E-state index in [1.54, 1.807) is 6.20 Å². The smallest absolute Gasteiger partial charge is 0.149 e. The van der Waals surface area contributed by atoms with Crippen molar-refractivity contribution >= 4 is 16.9 Å². The lowest BCUT2D eigenvalue weighted by Gasteiger charge is -2.05. The van der Waals surface area contributed by atoms with Crippen LogP contribution in [0.4, 0.5) is 0 Å². The second kappa shape index (κ2) is 3.56. The van der Waals surface area contributed by atoms with Crippen molar-refractivity contribution in [3.63, 3.8) is 0 Å². The van der Waals surface area contributed by atoms with Crippen molar-refractivity contribution in [3.8, 4) is 0 Å². The molecule has 4 heteroatoms. The Morgan fingerprint density at radius 1 is 1.25 bits per heavy atom. The molecule has 0 unspecified atom stereocenters. The van der Waals surface area contributed by atoms with Crippen LogP contribution in [0, 0.1) is 0 Å². The summed E-state index contributed by atoms with van der Waals surface area (Å²) in [7, 11) is 0. The van der Waals surface area contributed by atoms with Gasteiger partial charge in [0.2, 0.25) is 0 Å². The summed E-state index contributed by atoms with van der Waals surface area (Å²) in [6, 6.07) is 8.24. The number of para-hydroxylation sites is 2. The van der Waals surface area contributed by atoms with Gasteiger partial charge in [-0.1, -0.05) is 12.1 Å². The Bertz CT molecular complexity index is 562. The summed E-state index contributed by atoms with van der Waals surface area (Å²) in [5.74, 6) is 0.853. The fourth-order valence-corrected chi connectivity index (χ4v) is 1.78. The van der Waals surface area contributed by atoms with Crippen molar-refractivity contribution in [1.29, 1.82) is 0 Å². The van der Waals surface area contributed by atoms with E-state index in [0.29, 0.717) is 6.04 Å². The number of rotatable bonds is 1. The highest BCUT2D eigenvalue weighted by Gasteiger charge is 2.15. The maximum Gasteiger partial charge on any atom is 0.149 e. The number of aliphatic imine (C=N–C) groups is 1. The summed E-state index contributed by atoms with van der Waals surface area (Å²) in [6.07, 6.45) is 1.77. The number of nitrogens with zero attached hydrogens (tertiary/aromatic N) is 3. The van der Waals surface area contributed by atoms with E-state index >= 15 is 0 Å². The highest BCUT2D eigenvalue weighted by Crippen LogP contribution is 2.10. The lowest BCUT2D eigenvalue weighted by molar-refractivity contribution is 0.725. The number of aromatic nitrogens is 2. The molecule has 0 saturated heterocycles. The average molecular weight is 212 g/mol. The van der Waals surface area contributed by atoms with Gasteiger partial charge < -0.3 is 5.32 Å². The number of hydrogen-bond acceptors (Lipinski definition) is 4. The van der Waals surface area contributed by atoms with Gasteiger partial charge in [0, 0.05) is 6.04 Å². The van der Waals surface area contributed by atoms with Gasteiger partial charge in [-0.2, -0.15) is 0 Å². The van der Waals surface area contributed by atoms with Gasteiger partial charge in [0.05, 0.1) is 23.8 Å². The minimum Gasteiger partial charge on any atom is -0.364 e. The minimum absolute atomic E-state index is 0.392. The zero-order chi connectivity index (χ0) is 11.0. The molecule has 0 saturated carbocycles. The van der Waals surface area contributed by atoms with Crippen molar-refractivity contribution in [2.75, 3.05) is 6.54 Å². The van der Waals surface area contributed by atoms with Crippen LogP contribution in [0.5, 0.6) is 0 Å². The first-order valence-corrected chi connectivity index (χ1v) is 5.36. The molecule has 3 rings (SSSR count). The van der Waals surface area contributed by atoms with E-state index in [9.17, 15) is 0 Å². The van der Waals surface area contributed by atoms with Gasteiger partial charge in [-0.3, -0.25) is 9.98 Å². The molecule has 16 heavy (non-hydrogen) atoms. The molecule has 80 valence electrons. The monoisotopic (exact) mass is 212 g/mol. The van der Waals surface area contributed by atoms with Crippen molar-refractivity contribution in [2.45, 2.75) is 13.0 Å². The summed E-state index contributed by atoms with van der Waals surface area (Å²) in [5, 5.41) is 3.28. The van der Waals surface area contributed by atoms with E-state index in [4.69, 9.17) is 0 Å². The van der Waals surface area contributed by atoms with E-state index in [2.05, 4.69) is 27.2 Å². The average Bonchev–Trinajstić information content (AvgIpc) is 2.75. The van der Waals surface area contributed by atoms with Gasteiger partial charge in [0.1, 0.15) is 11.5 Å². The Morgan fingerprint density at radius 3 is 2.81 bits per heavy atom. The summed E-state index contributed by atoms with van der Waals surface area (Å²) in [6.45, 7) is 2.91. The van der Waals surface area contributed by atoms with Crippen LogP contribution in [0.1, 0.15) is 12.6 Å². The first kappa shape index (κ1) is 9.27. The quantitative estimate of drug-likeness (QED) is 0.776. The Kier molecular flexibility index (Phi) is 2.06. The fraction of sp³-hybridized carbons (Fsp3) is 0.250. The summed E-state index contributed by atoms with van der Waals surface area (Å²) in [5.41, 5.74) is 2.64. The van der Waals surface area contributed by atoms with Gasteiger partial charge >= 0.3 is 0 Å². The summed E-state index contributed by atoms with van der Waals surface area (Å²) >= 11 is 0. The zero-order valence-corrected chi connectivity index (χ0v) is 9.01. The van der Waals surface area contributed by atoms with Gasteiger partial charge in [-0.25, -0.2) is 4.98 Å². The molecule has 2 heterocycles. The first-order chi connectivity index (χ1) is 7.83. The van der Waals surface area contributed by atoms with Crippen LogP contribution in [0.2, 0.25) is 0 Å². The molecule has 4 nitrogen and oxygen atoms in total. The molecule has 0 bridgehead atoms. The second-order valence-electron chi connectivity index (χ2n) is 3.98. The van der Waals surface area contributed by atoms with E-state index < -0.39 is 0 Å². The Hall–Kier alpha value is -1.97. The van der Waals surface area contributed by atoms with E-state index in [1.807, 2.05) is 24.3 Å². The van der Waals surface area contributed by atoms with Gasteiger partial charge in [0.25, 0.3) is 0 Å². The largest absolute Gasteiger partial charge is 0.364 e. The molecule has 1 atom stereocenters. The van der Waals surface area contributed by atoms with Gasteiger partial charge in [-0.05, 0) is 19.1 Å². The SMILES string of the molecule is C[C@@H]1CN=C(c2cnc3ccccc3n2)N1.